The molecular formula is C16H27NO. The van der Waals surface area contributed by atoms with Crippen molar-refractivity contribution in [3.63, 3.8) is 0 Å². The zero-order chi connectivity index (χ0) is 13.4. The number of unbranched alkanes of at least 4 members (excludes halogenated alkanes) is 1. The lowest BCUT2D eigenvalue weighted by Gasteiger charge is -2.13. The van der Waals surface area contributed by atoms with Crippen LogP contribution in [-0.2, 0) is 0 Å². The minimum absolute atomic E-state index is 0.621. The summed E-state index contributed by atoms with van der Waals surface area (Å²) in [5.74, 6) is 1.04. The number of aryl methyl sites for hydroxylation is 2. The summed E-state index contributed by atoms with van der Waals surface area (Å²) in [7, 11) is 0. The Hall–Kier alpha value is -1.02. The summed E-state index contributed by atoms with van der Waals surface area (Å²) in [6, 6.07) is 6.99. The maximum atomic E-state index is 5.84. The summed E-state index contributed by atoms with van der Waals surface area (Å²) >= 11 is 0. The van der Waals surface area contributed by atoms with Gasteiger partial charge in [0.25, 0.3) is 0 Å². The van der Waals surface area contributed by atoms with Gasteiger partial charge in [-0.3, -0.25) is 0 Å². The lowest BCUT2D eigenvalue weighted by molar-refractivity contribution is 0.300. The molecule has 1 rings (SSSR count). The van der Waals surface area contributed by atoms with Crippen LogP contribution in [0.25, 0.3) is 0 Å². The highest BCUT2D eigenvalue weighted by atomic mass is 16.5. The molecule has 0 fully saturated rings. The van der Waals surface area contributed by atoms with Gasteiger partial charge in [-0.15, -0.1) is 0 Å². The van der Waals surface area contributed by atoms with Crippen LogP contribution in [0.5, 0.6) is 5.75 Å². The van der Waals surface area contributed by atoms with Gasteiger partial charge in [-0.05, 0) is 63.8 Å². The largest absolute Gasteiger partial charge is 0.493 e. The Morgan fingerprint density at radius 3 is 2.72 bits per heavy atom. The fraction of sp³-hybridized carbons (Fsp3) is 0.625. The normalized spacial score (nSPS) is 12.4. The van der Waals surface area contributed by atoms with Gasteiger partial charge in [0.2, 0.25) is 0 Å². The molecule has 0 aliphatic rings. The van der Waals surface area contributed by atoms with E-state index in [0.29, 0.717) is 6.04 Å². The molecule has 0 spiro atoms. The molecule has 1 unspecified atom stereocenters. The van der Waals surface area contributed by atoms with Gasteiger partial charge in [0.1, 0.15) is 5.75 Å². The molecule has 18 heavy (non-hydrogen) atoms. The molecule has 0 aliphatic carbocycles. The summed E-state index contributed by atoms with van der Waals surface area (Å²) in [4.78, 5) is 0. The van der Waals surface area contributed by atoms with Crippen molar-refractivity contribution in [1.82, 2.24) is 5.32 Å². The summed E-state index contributed by atoms with van der Waals surface area (Å²) in [6.07, 6.45) is 3.58. The maximum absolute atomic E-state index is 5.84. The molecule has 102 valence electrons. The van der Waals surface area contributed by atoms with Crippen LogP contribution in [0, 0.1) is 13.8 Å². The fourth-order valence-electron chi connectivity index (χ4n) is 2.05. The molecule has 0 saturated carbocycles. The number of nitrogens with one attached hydrogen (secondary N) is 1. The van der Waals surface area contributed by atoms with Crippen LogP contribution in [0.2, 0.25) is 0 Å². The standard InChI is InChI=1S/C16H27NO/c1-5-17-15(4)8-6-7-11-18-16-12-13(2)9-10-14(16)3/h9-10,12,15,17H,5-8,11H2,1-4H3. The van der Waals surface area contributed by atoms with Crippen molar-refractivity contribution < 1.29 is 4.74 Å². The van der Waals surface area contributed by atoms with E-state index in [2.05, 4.69) is 51.2 Å². The highest BCUT2D eigenvalue weighted by molar-refractivity contribution is 5.35. The SMILES string of the molecule is CCNC(C)CCCCOc1cc(C)ccc1C. The zero-order valence-electron chi connectivity index (χ0n) is 12.3. The average Bonchev–Trinajstić information content (AvgIpc) is 2.33. The first kappa shape index (κ1) is 15.0. The number of hydrogen-bond donors (Lipinski definition) is 1. The monoisotopic (exact) mass is 249 g/mol. The third-order valence-corrected chi connectivity index (χ3v) is 3.19. The Kier molecular flexibility index (Phi) is 6.81. The number of rotatable bonds is 8. The predicted molar refractivity (Wildman–Crippen MR) is 78.4 cm³/mol. The van der Waals surface area contributed by atoms with Gasteiger partial charge in [0.15, 0.2) is 0 Å². The van der Waals surface area contributed by atoms with Crippen molar-refractivity contribution in [2.24, 2.45) is 0 Å². The van der Waals surface area contributed by atoms with Crippen LogP contribution in [0.1, 0.15) is 44.2 Å². The number of hydrogen-bond acceptors (Lipinski definition) is 2. The van der Waals surface area contributed by atoms with Gasteiger partial charge >= 0.3 is 0 Å². The lowest BCUT2D eigenvalue weighted by Crippen LogP contribution is -2.25. The third kappa shape index (κ3) is 5.54. The smallest absolute Gasteiger partial charge is 0.122 e. The number of ether oxygens (including phenoxy) is 1. The first-order valence-corrected chi connectivity index (χ1v) is 7.07. The van der Waals surface area contributed by atoms with E-state index in [-0.39, 0.29) is 0 Å². The maximum Gasteiger partial charge on any atom is 0.122 e. The van der Waals surface area contributed by atoms with E-state index in [1.165, 1.54) is 24.0 Å². The van der Waals surface area contributed by atoms with Gasteiger partial charge < -0.3 is 10.1 Å². The van der Waals surface area contributed by atoms with E-state index in [4.69, 9.17) is 4.74 Å². The lowest BCUT2D eigenvalue weighted by atomic mass is 10.1. The molecule has 1 aromatic carbocycles. The minimum atomic E-state index is 0.621. The second-order valence-corrected chi connectivity index (χ2v) is 5.07. The van der Waals surface area contributed by atoms with Crippen LogP contribution >= 0.6 is 0 Å². The summed E-state index contributed by atoms with van der Waals surface area (Å²) in [5, 5.41) is 3.43. The molecule has 1 aromatic rings. The molecule has 0 aromatic heterocycles. The van der Waals surface area contributed by atoms with Gasteiger partial charge in [0, 0.05) is 6.04 Å². The number of benzene rings is 1. The molecule has 1 atom stereocenters. The van der Waals surface area contributed by atoms with Crippen molar-refractivity contribution in [1.29, 1.82) is 0 Å². The third-order valence-electron chi connectivity index (χ3n) is 3.19. The van der Waals surface area contributed by atoms with E-state index >= 15 is 0 Å². The van der Waals surface area contributed by atoms with Crippen molar-refractivity contribution in [2.75, 3.05) is 13.2 Å². The van der Waals surface area contributed by atoms with Gasteiger partial charge in [-0.25, -0.2) is 0 Å². The van der Waals surface area contributed by atoms with E-state index in [0.717, 1.165) is 25.3 Å². The van der Waals surface area contributed by atoms with E-state index in [1.54, 1.807) is 0 Å². The van der Waals surface area contributed by atoms with E-state index in [1.807, 2.05) is 0 Å². The Morgan fingerprint density at radius 1 is 1.22 bits per heavy atom. The average molecular weight is 249 g/mol. The Morgan fingerprint density at radius 2 is 2.00 bits per heavy atom. The molecule has 0 saturated heterocycles. The van der Waals surface area contributed by atoms with Crippen molar-refractivity contribution >= 4 is 0 Å². The second kappa shape index (κ2) is 8.15. The molecule has 2 nitrogen and oxygen atoms in total. The summed E-state index contributed by atoms with van der Waals surface area (Å²) in [6.45, 7) is 10.5. The van der Waals surface area contributed by atoms with Gasteiger partial charge in [-0.2, -0.15) is 0 Å². The first-order valence-electron chi connectivity index (χ1n) is 7.07. The van der Waals surface area contributed by atoms with Crippen LogP contribution in [0.4, 0.5) is 0 Å². The minimum Gasteiger partial charge on any atom is -0.493 e. The Balaban J connectivity index is 2.19. The van der Waals surface area contributed by atoms with E-state index in [9.17, 15) is 0 Å². The van der Waals surface area contributed by atoms with Gasteiger partial charge in [0.05, 0.1) is 6.61 Å². The zero-order valence-corrected chi connectivity index (χ0v) is 12.3. The summed E-state index contributed by atoms with van der Waals surface area (Å²) in [5.41, 5.74) is 2.48. The van der Waals surface area contributed by atoms with Crippen molar-refractivity contribution in [2.45, 2.75) is 53.0 Å². The molecule has 2 heteroatoms. The predicted octanol–water partition coefficient (Wildman–Crippen LogP) is 3.85. The molecule has 0 aliphatic heterocycles. The topological polar surface area (TPSA) is 21.3 Å². The summed E-state index contributed by atoms with van der Waals surface area (Å²) < 4.78 is 5.84. The highest BCUT2D eigenvalue weighted by Crippen LogP contribution is 2.19. The van der Waals surface area contributed by atoms with Crippen molar-refractivity contribution in [3.8, 4) is 5.75 Å². The molecule has 0 bridgehead atoms. The Labute approximate surface area is 112 Å². The molecular weight excluding hydrogens is 222 g/mol. The molecule has 1 N–H and O–H groups in total. The van der Waals surface area contributed by atoms with Crippen LogP contribution in [0.3, 0.4) is 0 Å². The van der Waals surface area contributed by atoms with Crippen LogP contribution in [0.15, 0.2) is 18.2 Å². The Bertz CT molecular complexity index is 349. The molecule has 0 heterocycles. The molecule has 0 amide bonds. The van der Waals surface area contributed by atoms with E-state index < -0.39 is 0 Å². The van der Waals surface area contributed by atoms with Crippen molar-refractivity contribution in [3.05, 3.63) is 29.3 Å². The first-order chi connectivity index (χ1) is 8.63. The van der Waals surface area contributed by atoms with Gasteiger partial charge in [-0.1, -0.05) is 19.1 Å². The second-order valence-electron chi connectivity index (χ2n) is 5.07. The highest BCUT2D eigenvalue weighted by Gasteiger charge is 2.01. The quantitative estimate of drug-likeness (QED) is 0.707. The molecule has 0 radical (unpaired) electrons. The fourth-order valence-corrected chi connectivity index (χ4v) is 2.05. The van der Waals surface area contributed by atoms with Crippen LogP contribution < -0.4 is 10.1 Å². The van der Waals surface area contributed by atoms with Crippen LogP contribution in [-0.4, -0.2) is 19.2 Å².